The van der Waals surface area contributed by atoms with Gasteiger partial charge in [0, 0.05) is 5.39 Å². The van der Waals surface area contributed by atoms with Crippen LogP contribution in [0.5, 0.6) is 0 Å². The molecule has 0 bridgehead atoms. The van der Waals surface area contributed by atoms with E-state index in [4.69, 9.17) is 10.8 Å². The zero-order valence-electron chi connectivity index (χ0n) is 8.49. The zero-order valence-corrected chi connectivity index (χ0v) is 8.49. The molecule has 1 heterocycles. The number of nitrogens with zero attached hydrogens (tertiary/aromatic N) is 1. The fourth-order valence-corrected chi connectivity index (χ4v) is 1.56. The number of nitrogens with two attached hydrogens (primary N) is 1. The molecule has 0 spiro atoms. The summed E-state index contributed by atoms with van der Waals surface area (Å²) in [5.41, 5.74) is 6.44. The average molecular weight is 220 g/mol. The van der Waals surface area contributed by atoms with Gasteiger partial charge in [0.15, 0.2) is 0 Å². The van der Waals surface area contributed by atoms with Crippen molar-refractivity contribution in [1.82, 2.24) is 4.98 Å². The third kappa shape index (κ3) is 1.46. The second-order valence-electron chi connectivity index (χ2n) is 3.49. The second-order valence-corrected chi connectivity index (χ2v) is 3.49. The molecule has 0 saturated heterocycles. The molecule has 4 nitrogen and oxygen atoms in total. The first kappa shape index (κ1) is 10.4. The van der Waals surface area contributed by atoms with E-state index in [0.717, 1.165) is 0 Å². The van der Waals surface area contributed by atoms with Gasteiger partial charge in [-0.05, 0) is 30.7 Å². The van der Waals surface area contributed by atoms with Crippen LogP contribution in [-0.4, -0.2) is 16.1 Å². The number of aromatic nitrogens is 1. The average Bonchev–Trinajstić information content (AvgIpc) is 2.25. The molecular weight excluding hydrogens is 211 g/mol. The summed E-state index contributed by atoms with van der Waals surface area (Å²) in [4.78, 5) is 14.7. The molecule has 0 aliphatic carbocycles. The molecule has 16 heavy (non-hydrogen) atoms. The van der Waals surface area contributed by atoms with Gasteiger partial charge in [-0.25, -0.2) is 14.2 Å². The second kappa shape index (κ2) is 3.44. The normalized spacial score (nSPS) is 10.6. The van der Waals surface area contributed by atoms with Crippen molar-refractivity contribution in [2.75, 3.05) is 5.73 Å². The number of nitrogen functional groups attached to an aromatic ring is 1. The summed E-state index contributed by atoms with van der Waals surface area (Å²) in [6.45, 7) is 1.66. The number of carboxylic acids is 1. The number of hydrogen-bond donors (Lipinski definition) is 2. The van der Waals surface area contributed by atoms with Gasteiger partial charge in [-0.2, -0.15) is 0 Å². The van der Waals surface area contributed by atoms with Crippen molar-refractivity contribution in [2.45, 2.75) is 6.92 Å². The maximum absolute atomic E-state index is 13.3. The van der Waals surface area contributed by atoms with Crippen LogP contribution < -0.4 is 5.73 Å². The van der Waals surface area contributed by atoms with Gasteiger partial charge in [0.25, 0.3) is 0 Å². The number of carboxylic acid groups (broad SMARTS) is 1. The summed E-state index contributed by atoms with van der Waals surface area (Å²) in [5, 5.41) is 9.22. The van der Waals surface area contributed by atoms with Crippen LogP contribution in [0.15, 0.2) is 18.2 Å². The smallest absolute Gasteiger partial charge is 0.354 e. The van der Waals surface area contributed by atoms with E-state index in [1.54, 1.807) is 6.92 Å². The van der Waals surface area contributed by atoms with E-state index in [2.05, 4.69) is 4.98 Å². The SMILES string of the molecule is Cc1cc(F)c(N)c2ccc(C(=O)O)nc12. The highest BCUT2D eigenvalue weighted by Gasteiger charge is 2.11. The van der Waals surface area contributed by atoms with Gasteiger partial charge >= 0.3 is 5.97 Å². The van der Waals surface area contributed by atoms with E-state index in [9.17, 15) is 9.18 Å². The van der Waals surface area contributed by atoms with E-state index >= 15 is 0 Å². The standard InChI is InChI=1S/C11H9FN2O2/c1-5-4-7(12)9(13)6-2-3-8(11(15)16)14-10(5)6/h2-4H,13H2,1H3,(H,15,16). The number of pyridine rings is 1. The van der Waals surface area contributed by atoms with E-state index < -0.39 is 11.8 Å². The van der Waals surface area contributed by atoms with Crippen molar-refractivity contribution < 1.29 is 14.3 Å². The lowest BCUT2D eigenvalue weighted by molar-refractivity contribution is 0.0691. The predicted molar refractivity (Wildman–Crippen MR) is 57.8 cm³/mol. The van der Waals surface area contributed by atoms with Gasteiger partial charge in [-0.3, -0.25) is 0 Å². The summed E-state index contributed by atoms with van der Waals surface area (Å²) in [5.74, 6) is -1.64. The lowest BCUT2D eigenvalue weighted by atomic mass is 10.1. The van der Waals surface area contributed by atoms with Gasteiger partial charge in [0.1, 0.15) is 11.5 Å². The highest BCUT2D eigenvalue weighted by molar-refractivity contribution is 5.96. The number of aryl methyl sites for hydroxylation is 1. The van der Waals surface area contributed by atoms with Crippen LogP contribution in [0.1, 0.15) is 16.1 Å². The summed E-state index contributed by atoms with van der Waals surface area (Å²) < 4.78 is 13.3. The Morgan fingerprint density at radius 3 is 2.81 bits per heavy atom. The van der Waals surface area contributed by atoms with Crippen molar-refractivity contribution >= 4 is 22.6 Å². The maximum Gasteiger partial charge on any atom is 0.354 e. The number of aromatic carboxylic acids is 1. The third-order valence-electron chi connectivity index (χ3n) is 2.38. The highest BCUT2D eigenvalue weighted by Crippen LogP contribution is 2.25. The number of fused-ring (bicyclic) bond motifs is 1. The van der Waals surface area contributed by atoms with Crippen LogP contribution in [0.25, 0.3) is 10.9 Å². The maximum atomic E-state index is 13.3. The molecule has 0 saturated carbocycles. The molecule has 0 fully saturated rings. The minimum atomic E-state index is -1.12. The molecule has 0 amide bonds. The third-order valence-corrected chi connectivity index (χ3v) is 2.38. The summed E-state index contributed by atoms with van der Waals surface area (Å²) in [7, 11) is 0. The molecule has 2 aromatic rings. The minimum absolute atomic E-state index is 0.00922. The van der Waals surface area contributed by atoms with Crippen LogP contribution in [-0.2, 0) is 0 Å². The molecule has 0 aliphatic heterocycles. The number of hydrogen-bond acceptors (Lipinski definition) is 3. The number of carbonyl (C=O) groups is 1. The Morgan fingerprint density at radius 2 is 2.19 bits per heavy atom. The van der Waals surface area contributed by atoms with Crippen LogP contribution in [0.2, 0.25) is 0 Å². The van der Waals surface area contributed by atoms with E-state index in [1.807, 2.05) is 0 Å². The Kier molecular flexibility index (Phi) is 2.23. The van der Waals surface area contributed by atoms with Crippen LogP contribution >= 0.6 is 0 Å². The van der Waals surface area contributed by atoms with Crippen LogP contribution in [0, 0.1) is 12.7 Å². The first-order valence-corrected chi connectivity index (χ1v) is 4.59. The predicted octanol–water partition coefficient (Wildman–Crippen LogP) is 1.96. The minimum Gasteiger partial charge on any atom is -0.477 e. The monoisotopic (exact) mass is 220 g/mol. The quantitative estimate of drug-likeness (QED) is 0.720. The van der Waals surface area contributed by atoms with E-state index in [0.29, 0.717) is 16.5 Å². The molecule has 0 atom stereocenters. The Bertz CT molecular complexity index is 596. The number of halogens is 1. The molecule has 1 aromatic heterocycles. The Hall–Kier alpha value is -2.17. The molecule has 0 unspecified atom stereocenters. The number of rotatable bonds is 1. The molecule has 5 heteroatoms. The first-order chi connectivity index (χ1) is 7.50. The molecule has 2 rings (SSSR count). The van der Waals surface area contributed by atoms with Gasteiger partial charge in [0.2, 0.25) is 0 Å². The van der Waals surface area contributed by atoms with Crippen LogP contribution in [0.4, 0.5) is 10.1 Å². The van der Waals surface area contributed by atoms with E-state index in [-0.39, 0.29) is 11.4 Å². The van der Waals surface area contributed by atoms with E-state index in [1.165, 1.54) is 18.2 Å². The Labute approximate surface area is 90.5 Å². The van der Waals surface area contributed by atoms with Crippen LogP contribution in [0.3, 0.4) is 0 Å². The topological polar surface area (TPSA) is 76.2 Å². The number of anilines is 1. The first-order valence-electron chi connectivity index (χ1n) is 4.59. The largest absolute Gasteiger partial charge is 0.477 e. The molecule has 0 aliphatic rings. The van der Waals surface area contributed by atoms with Crippen molar-refractivity contribution in [3.63, 3.8) is 0 Å². The van der Waals surface area contributed by atoms with Crippen molar-refractivity contribution in [3.05, 3.63) is 35.3 Å². The number of benzene rings is 1. The molecular formula is C11H9FN2O2. The molecule has 82 valence electrons. The molecule has 0 radical (unpaired) electrons. The van der Waals surface area contributed by atoms with Crippen molar-refractivity contribution in [3.8, 4) is 0 Å². The van der Waals surface area contributed by atoms with Crippen molar-refractivity contribution in [1.29, 1.82) is 0 Å². The summed E-state index contributed by atoms with van der Waals surface area (Å²) in [6, 6.07) is 4.02. The van der Waals surface area contributed by atoms with Gasteiger partial charge < -0.3 is 10.8 Å². The lowest BCUT2D eigenvalue weighted by Gasteiger charge is -2.06. The Balaban J connectivity index is 2.84. The fourth-order valence-electron chi connectivity index (χ4n) is 1.56. The van der Waals surface area contributed by atoms with Crippen molar-refractivity contribution in [2.24, 2.45) is 0 Å². The zero-order chi connectivity index (χ0) is 11.9. The Morgan fingerprint density at radius 1 is 1.50 bits per heavy atom. The summed E-state index contributed by atoms with van der Waals surface area (Å²) >= 11 is 0. The highest BCUT2D eigenvalue weighted by atomic mass is 19.1. The van der Waals surface area contributed by atoms with Gasteiger partial charge in [-0.1, -0.05) is 0 Å². The van der Waals surface area contributed by atoms with Gasteiger partial charge in [-0.15, -0.1) is 0 Å². The van der Waals surface area contributed by atoms with Gasteiger partial charge in [0.05, 0.1) is 11.2 Å². The molecule has 1 aromatic carbocycles. The summed E-state index contributed by atoms with van der Waals surface area (Å²) in [6.07, 6.45) is 0. The fraction of sp³-hybridized carbons (Fsp3) is 0.0909. The lowest BCUT2D eigenvalue weighted by Crippen LogP contribution is -2.02. The molecule has 3 N–H and O–H groups in total.